The van der Waals surface area contributed by atoms with Crippen molar-refractivity contribution in [3.8, 4) is 22.3 Å². The molecule has 0 bridgehead atoms. The smallest absolute Gasteiger partial charge is 0.377 e. The summed E-state index contributed by atoms with van der Waals surface area (Å²) in [6.45, 7) is -0.533. The van der Waals surface area contributed by atoms with E-state index in [0.717, 1.165) is 12.1 Å². The molecule has 0 heterocycles. The molecule has 0 spiro atoms. The second-order valence-electron chi connectivity index (χ2n) is 9.16. The second-order valence-corrected chi connectivity index (χ2v) is 9.16. The number of benzene rings is 4. The standard InChI is InChI=1S/C31H21F9O/c1-41-16-28(36)30(37)20-9-7-19(8-10-20)21-12-24(32)23(25(33)13-21)11-4-17-2-5-18(6-3-17)22-14-26(34)29(27(35)15-22)31(38,39)40/h2-3,5-10,12-15H,4,11,16H2,1H3. The molecule has 0 unspecified atom stereocenters. The zero-order valence-corrected chi connectivity index (χ0v) is 21.4. The molecule has 0 fully saturated rings. The van der Waals surface area contributed by atoms with Gasteiger partial charge in [0.15, 0.2) is 11.7 Å². The highest BCUT2D eigenvalue weighted by atomic mass is 19.4. The van der Waals surface area contributed by atoms with Gasteiger partial charge in [0.05, 0.1) is 0 Å². The van der Waals surface area contributed by atoms with E-state index >= 15 is 0 Å². The van der Waals surface area contributed by atoms with E-state index in [4.69, 9.17) is 0 Å². The van der Waals surface area contributed by atoms with Crippen molar-refractivity contribution < 1.29 is 44.3 Å². The Morgan fingerprint density at radius 1 is 0.634 bits per heavy atom. The minimum atomic E-state index is -5.17. The van der Waals surface area contributed by atoms with Gasteiger partial charge in [-0.1, -0.05) is 48.5 Å². The summed E-state index contributed by atoms with van der Waals surface area (Å²) in [5.74, 6) is -7.28. The summed E-state index contributed by atoms with van der Waals surface area (Å²) in [6, 6.07) is 14.8. The van der Waals surface area contributed by atoms with Crippen LogP contribution in [-0.4, -0.2) is 13.7 Å². The van der Waals surface area contributed by atoms with Crippen molar-refractivity contribution in [1.29, 1.82) is 0 Å². The summed E-state index contributed by atoms with van der Waals surface area (Å²) in [4.78, 5) is 0. The van der Waals surface area contributed by atoms with Gasteiger partial charge < -0.3 is 4.74 Å². The van der Waals surface area contributed by atoms with Crippen LogP contribution in [0.4, 0.5) is 39.5 Å². The highest BCUT2D eigenvalue weighted by Gasteiger charge is 2.38. The summed E-state index contributed by atoms with van der Waals surface area (Å²) in [5.41, 5.74) is -0.858. The van der Waals surface area contributed by atoms with Gasteiger partial charge in [-0.05, 0) is 64.9 Å². The predicted molar refractivity (Wildman–Crippen MR) is 137 cm³/mol. The third-order valence-electron chi connectivity index (χ3n) is 6.40. The quantitative estimate of drug-likeness (QED) is 0.189. The fourth-order valence-electron chi connectivity index (χ4n) is 4.31. The van der Waals surface area contributed by atoms with E-state index < -0.39 is 53.3 Å². The van der Waals surface area contributed by atoms with Crippen LogP contribution in [0.3, 0.4) is 0 Å². The van der Waals surface area contributed by atoms with Crippen molar-refractivity contribution in [3.05, 3.63) is 124 Å². The summed E-state index contributed by atoms with van der Waals surface area (Å²) >= 11 is 0. The predicted octanol–water partition coefficient (Wildman–Crippen LogP) is 9.63. The number of alkyl halides is 3. The molecule has 0 amide bonds. The van der Waals surface area contributed by atoms with E-state index in [2.05, 4.69) is 4.74 Å². The lowest BCUT2D eigenvalue weighted by Gasteiger charge is -2.12. The average molecular weight is 580 g/mol. The lowest BCUT2D eigenvalue weighted by molar-refractivity contribution is -0.142. The molecule has 0 atom stereocenters. The van der Waals surface area contributed by atoms with E-state index in [1.165, 1.54) is 55.6 Å². The molecular weight excluding hydrogens is 559 g/mol. The Hall–Kier alpha value is -4.05. The van der Waals surface area contributed by atoms with E-state index in [1.807, 2.05) is 0 Å². The van der Waals surface area contributed by atoms with Crippen molar-refractivity contribution in [2.45, 2.75) is 19.0 Å². The maximum atomic E-state index is 14.9. The Labute approximate surface area is 229 Å². The summed E-state index contributed by atoms with van der Waals surface area (Å²) in [5, 5.41) is 0. The lowest BCUT2D eigenvalue weighted by Crippen LogP contribution is -2.11. The number of hydrogen-bond acceptors (Lipinski definition) is 1. The van der Waals surface area contributed by atoms with Crippen molar-refractivity contribution in [3.63, 3.8) is 0 Å². The number of ether oxygens (including phenoxy) is 1. The van der Waals surface area contributed by atoms with Gasteiger partial charge in [0.25, 0.3) is 0 Å². The number of aryl methyl sites for hydroxylation is 1. The second kappa shape index (κ2) is 12.2. The molecule has 41 heavy (non-hydrogen) atoms. The Morgan fingerprint density at radius 3 is 1.56 bits per heavy atom. The van der Waals surface area contributed by atoms with Gasteiger partial charge in [-0.2, -0.15) is 13.2 Å². The van der Waals surface area contributed by atoms with E-state index in [1.54, 1.807) is 0 Å². The third-order valence-corrected chi connectivity index (χ3v) is 6.40. The minimum Gasteiger partial charge on any atom is -0.377 e. The molecule has 1 nitrogen and oxygen atoms in total. The summed E-state index contributed by atoms with van der Waals surface area (Å²) in [6.07, 6.45) is -5.02. The van der Waals surface area contributed by atoms with Gasteiger partial charge in [-0.25, -0.2) is 26.3 Å². The fraction of sp³-hybridized carbons (Fsp3) is 0.161. The molecule has 0 saturated heterocycles. The van der Waals surface area contributed by atoms with E-state index in [9.17, 15) is 39.5 Å². The number of rotatable bonds is 8. The molecule has 0 saturated carbocycles. The monoisotopic (exact) mass is 580 g/mol. The third kappa shape index (κ3) is 6.82. The normalized spacial score (nSPS) is 12.4. The molecular formula is C31H21F9O. The van der Waals surface area contributed by atoms with Crippen LogP contribution in [0.5, 0.6) is 0 Å². The van der Waals surface area contributed by atoms with Crippen LogP contribution in [0, 0.1) is 23.3 Å². The lowest BCUT2D eigenvalue weighted by atomic mass is 9.97. The Bertz CT molecular complexity index is 1530. The molecule has 0 radical (unpaired) electrons. The van der Waals surface area contributed by atoms with Gasteiger partial charge >= 0.3 is 6.18 Å². The molecule has 0 aromatic heterocycles. The van der Waals surface area contributed by atoms with Gasteiger partial charge in [0.2, 0.25) is 0 Å². The Morgan fingerprint density at radius 2 is 1.10 bits per heavy atom. The molecule has 10 heteroatoms. The molecule has 0 aliphatic heterocycles. The SMILES string of the molecule is COCC(F)=C(F)c1ccc(-c2cc(F)c(CCc3ccc(-c4cc(F)c(C(F)(F)F)c(F)c4)cc3)c(F)c2)cc1. The van der Waals surface area contributed by atoms with Crippen LogP contribution in [-0.2, 0) is 23.8 Å². The van der Waals surface area contributed by atoms with Crippen molar-refractivity contribution >= 4 is 5.83 Å². The average Bonchev–Trinajstić information content (AvgIpc) is 2.91. The van der Waals surface area contributed by atoms with Crippen molar-refractivity contribution in [2.24, 2.45) is 0 Å². The van der Waals surface area contributed by atoms with Crippen LogP contribution < -0.4 is 0 Å². The molecule has 4 aromatic rings. The maximum Gasteiger partial charge on any atom is 0.422 e. The van der Waals surface area contributed by atoms with Crippen LogP contribution in [0.15, 0.2) is 78.6 Å². The van der Waals surface area contributed by atoms with Gasteiger partial charge in [-0.3, -0.25) is 0 Å². The van der Waals surface area contributed by atoms with Crippen molar-refractivity contribution in [1.82, 2.24) is 0 Å². The Balaban J connectivity index is 1.47. The van der Waals surface area contributed by atoms with Gasteiger partial charge in [0, 0.05) is 18.2 Å². The molecule has 0 N–H and O–H groups in total. The first-order chi connectivity index (χ1) is 19.4. The van der Waals surface area contributed by atoms with Crippen LogP contribution in [0.1, 0.15) is 22.3 Å². The topological polar surface area (TPSA) is 9.23 Å². The molecule has 4 aromatic carbocycles. The van der Waals surface area contributed by atoms with Crippen LogP contribution in [0.2, 0.25) is 0 Å². The zero-order chi connectivity index (χ0) is 29.9. The fourth-order valence-corrected chi connectivity index (χ4v) is 4.31. The first-order valence-corrected chi connectivity index (χ1v) is 12.2. The van der Waals surface area contributed by atoms with Gasteiger partial charge in [0.1, 0.15) is 35.4 Å². The summed E-state index contributed by atoms with van der Waals surface area (Å²) < 4.78 is 128. The molecule has 214 valence electrons. The largest absolute Gasteiger partial charge is 0.422 e. The van der Waals surface area contributed by atoms with Crippen LogP contribution >= 0.6 is 0 Å². The zero-order valence-electron chi connectivity index (χ0n) is 21.4. The molecule has 0 aliphatic carbocycles. The minimum absolute atomic E-state index is 0.0332. The number of hydrogen-bond donors (Lipinski definition) is 0. The van der Waals surface area contributed by atoms with Gasteiger partial charge in [-0.15, -0.1) is 0 Å². The van der Waals surface area contributed by atoms with Crippen molar-refractivity contribution in [2.75, 3.05) is 13.7 Å². The van der Waals surface area contributed by atoms with E-state index in [-0.39, 0.29) is 40.7 Å². The summed E-state index contributed by atoms with van der Waals surface area (Å²) in [7, 11) is 1.22. The molecule has 4 rings (SSSR count). The van der Waals surface area contributed by atoms with E-state index in [0.29, 0.717) is 23.3 Å². The first kappa shape index (κ1) is 29.9. The molecule has 0 aliphatic rings. The Kier molecular flexibility index (Phi) is 8.92. The highest BCUT2D eigenvalue weighted by molar-refractivity contribution is 5.69. The van der Waals surface area contributed by atoms with Crippen LogP contribution in [0.25, 0.3) is 28.1 Å². The number of halogens is 9. The highest BCUT2D eigenvalue weighted by Crippen LogP contribution is 2.36. The number of methoxy groups -OCH3 is 1. The maximum absolute atomic E-state index is 14.9. The first-order valence-electron chi connectivity index (χ1n) is 12.2.